The van der Waals surface area contributed by atoms with Gasteiger partial charge in [0.1, 0.15) is 0 Å². The summed E-state index contributed by atoms with van der Waals surface area (Å²) in [6, 6.07) is 20.1. The van der Waals surface area contributed by atoms with Crippen LogP contribution in [0.15, 0.2) is 60.7 Å². The van der Waals surface area contributed by atoms with Crippen LogP contribution in [0.1, 0.15) is 28.3 Å². The van der Waals surface area contributed by atoms with E-state index in [1.54, 1.807) is 14.2 Å². The third-order valence-corrected chi connectivity index (χ3v) is 6.66. The normalized spacial score (nSPS) is 16.5. The van der Waals surface area contributed by atoms with Crippen molar-refractivity contribution in [2.24, 2.45) is 0 Å². The highest BCUT2D eigenvalue weighted by atomic mass is 16.7. The van der Waals surface area contributed by atoms with Crippen LogP contribution in [-0.4, -0.2) is 44.9 Å². The number of benzene rings is 3. The second-order valence-electron chi connectivity index (χ2n) is 8.80. The Hall–Kier alpha value is -3.71. The van der Waals surface area contributed by atoms with E-state index in [1.807, 2.05) is 42.5 Å². The number of nitrogens with zero attached hydrogens (tertiary/aromatic N) is 1. The average molecular weight is 475 g/mol. The lowest BCUT2D eigenvalue weighted by atomic mass is 9.88. The number of fused-ring (bicyclic) bond motifs is 2. The zero-order valence-corrected chi connectivity index (χ0v) is 20.1. The van der Waals surface area contributed by atoms with Crippen LogP contribution in [0.3, 0.4) is 0 Å². The zero-order valence-electron chi connectivity index (χ0n) is 20.1. The monoisotopic (exact) mass is 474 g/mol. The number of ether oxygens (including phenoxy) is 4. The molecule has 2 aliphatic heterocycles. The highest BCUT2D eigenvalue weighted by molar-refractivity contribution is 5.78. The summed E-state index contributed by atoms with van der Waals surface area (Å²) in [5, 5.41) is 3.07. The molecule has 3 aromatic rings. The minimum Gasteiger partial charge on any atom is -0.493 e. The van der Waals surface area contributed by atoms with E-state index in [-0.39, 0.29) is 18.7 Å². The van der Waals surface area contributed by atoms with Gasteiger partial charge in [0.2, 0.25) is 12.7 Å². The van der Waals surface area contributed by atoms with E-state index in [4.69, 9.17) is 18.9 Å². The molecule has 2 aliphatic rings. The molecule has 3 aromatic carbocycles. The Morgan fingerprint density at radius 1 is 0.971 bits per heavy atom. The molecule has 0 aliphatic carbocycles. The van der Waals surface area contributed by atoms with Crippen molar-refractivity contribution < 1.29 is 23.7 Å². The molecular formula is C28H30N2O5. The molecule has 35 heavy (non-hydrogen) atoms. The van der Waals surface area contributed by atoms with Crippen molar-refractivity contribution in [1.29, 1.82) is 0 Å². The number of carbonyl (C=O) groups excluding carboxylic acids is 1. The third kappa shape index (κ3) is 5.05. The van der Waals surface area contributed by atoms with E-state index < -0.39 is 0 Å². The maximum Gasteiger partial charge on any atom is 0.234 e. The van der Waals surface area contributed by atoms with Gasteiger partial charge in [-0.2, -0.15) is 0 Å². The molecule has 0 radical (unpaired) electrons. The Bertz CT molecular complexity index is 1200. The first-order valence-corrected chi connectivity index (χ1v) is 11.8. The van der Waals surface area contributed by atoms with Crippen LogP contribution in [0.5, 0.6) is 23.0 Å². The molecule has 0 fully saturated rings. The summed E-state index contributed by atoms with van der Waals surface area (Å²) in [7, 11) is 3.27. The Kier molecular flexibility index (Phi) is 6.77. The highest BCUT2D eigenvalue weighted by Gasteiger charge is 2.31. The fourth-order valence-electron chi connectivity index (χ4n) is 4.84. The third-order valence-electron chi connectivity index (χ3n) is 6.66. The highest BCUT2D eigenvalue weighted by Crippen LogP contribution is 2.42. The van der Waals surface area contributed by atoms with Gasteiger partial charge >= 0.3 is 0 Å². The van der Waals surface area contributed by atoms with Gasteiger partial charge in [0.25, 0.3) is 0 Å². The van der Waals surface area contributed by atoms with E-state index in [2.05, 4.69) is 28.4 Å². The summed E-state index contributed by atoms with van der Waals surface area (Å²) in [6.45, 7) is 1.86. The van der Waals surface area contributed by atoms with Gasteiger partial charge in [0, 0.05) is 19.1 Å². The number of rotatable bonds is 8. The molecule has 0 aromatic heterocycles. The van der Waals surface area contributed by atoms with Crippen LogP contribution in [0.2, 0.25) is 0 Å². The minimum atomic E-state index is 0.00817. The largest absolute Gasteiger partial charge is 0.493 e. The number of methoxy groups -OCH3 is 2. The maximum atomic E-state index is 12.9. The van der Waals surface area contributed by atoms with E-state index in [0.717, 1.165) is 42.0 Å². The SMILES string of the molecule is COc1ccc(CC2c3cc4c(cc3CCN2CC(=O)NCc2ccccc2)OCO4)cc1OC. The van der Waals surface area contributed by atoms with Gasteiger partial charge in [-0.15, -0.1) is 0 Å². The summed E-state index contributed by atoms with van der Waals surface area (Å²) in [5.41, 5.74) is 4.60. The lowest BCUT2D eigenvalue weighted by Crippen LogP contribution is -2.43. The Labute approximate surface area is 205 Å². The molecule has 1 N–H and O–H groups in total. The van der Waals surface area contributed by atoms with Crippen molar-refractivity contribution in [2.45, 2.75) is 25.4 Å². The molecule has 1 atom stereocenters. The van der Waals surface area contributed by atoms with E-state index in [1.165, 1.54) is 11.1 Å². The first-order chi connectivity index (χ1) is 17.1. The predicted molar refractivity (Wildman–Crippen MR) is 132 cm³/mol. The second-order valence-corrected chi connectivity index (χ2v) is 8.80. The molecule has 1 amide bonds. The number of amides is 1. The topological polar surface area (TPSA) is 69.3 Å². The molecular weight excluding hydrogens is 444 g/mol. The fraction of sp³-hybridized carbons (Fsp3) is 0.321. The van der Waals surface area contributed by atoms with Crippen LogP contribution in [0.25, 0.3) is 0 Å². The van der Waals surface area contributed by atoms with Gasteiger partial charge in [-0.1, -0.05) is 36.4 Å². The van der Waals surface area contributed by atoms with Gasteiger partial charge < -0.3 is 24.3 Å². The first kappa shape index (κ1) is 23.1. The fourth-order valence-corrected chi connectivity index (χ4v) is 4.84. The van der Waals surface area contributed by atoms with Crippen LogP contribution >= 0.6 is 0 Å². The lowest BCUT2D eigenvalue weighted by molar-refractivity contribution is -0.123. The molecule has 7 heteroatoms. The number of nitrogens with one attached hydrogen (secondary N) is 1. The van der Waals surface area contributed by atoms with Crippen molar-refractivity contribution in [3.05, 3.63) is 82.9 Å². The molecule has 2 heterocycles. The van der Waals surface area contributed by atoms with Gasteiger partial charge in [-0.25, -0.2) is 0 Å². The Morgan fingerprint density at radius 3 is 2.51 bits per heavy atom. The van der Waals surface area contributed by atoms with Gasteiger partial charge in [0.05, 0.1) is 20.8 Å². The van der Waals surface area contributed by atoms with Crippen molar-refractivity contribution in [2.75, 3.05) is 34.1 Å². The van der Waals surface area contributed by atoms with Crippen LogP contribution in [0, 0.1) is 0 Å². The maximum absolute atomic E-state index is 12.9. The lowest BCUT2D eigenvalue weighted by Gasteiger charge is -2.37. The zero-order chi connectivity index (χ0) is 24.2. The quantitative estimate of drug-likeness (QED) is 0.534. The number of hydrogen-bond acceptors (Lipinski definition) is 6. The molecule has 5 rings (SSSR count). The van der Waals surface area contributed by atoms with Gasteiger partial charge in [-0.05, 0) is 59.4 Å². The van der Waals surface area contributed by atoms with Crippen molar-refractivity contribution in [3.8, 4) is 23.0 Å². The molecule has 0 saturated carbocycles. The molecule has 0 bridgehead atoms. The molecule has 0 spiro atoms. The minimum absolute atomic E-state index is 0.00817. The van der Waals surface area contributed by atoms with Gasteiger partial charge in [0.15, 0.2) is 23.0 Å². The van der Waals surface area contributed by atoms with Crippen LogP contribution < -0.4 is 24.3 Å². The average Bonchev–Trinajstić information content (AvgIpc) is 3.35. The number of carbonyl (C=O) groups is 1. The number of hydrogen-bond donors (Lipinski definition) is 1. The summed E-state index contributed by atoms with van der Waals surface area (Å²) >= 11 is 0. The van der Waals surface area contributed by atoms with Crippen LogP contribution in [-0.2, 0) is 24.2 Å². The molecule has 1 unspecified atom stereocenters. The second kappa shape index (κ2) is 10.3. The summed E-state index contributed by atoms with van der Waals surface area (Å²) in [6.07, 6.45) is 1.57. The smallest absolute Gasteiger partial charge is 0.234 e. The molecule has 182 valence electrons. The van der Waals surface area contributed by atoms with Crippen molar-refractivity contribution in [1.82, 2.24) is 10.2 Å². The van der Waals surface area contributed by atoms with E-state index in [9.17, 15) is 4.79 Å². The van der Waals surface area contributed by atoms with E-state index >= 15 is 0 Å². The summed E-state index contributed by atoms with van der Waals surface area (Å²) in [5.74, 6) is 2.95. The first-order valence-electron chi connectivity index (χ1n) is 11.8. The van der Waals surface area contributed by atoms with E-state index in [0.29, 0.717) is 24.6 Å². The summed E-state index contributed by atoms with van der Waals surface area (Å²) < 4.78 is 22.2. The van der Waals surface area contributed by atoms with Gasteiger partial charge in [-0.3, -0.25) is 9.69 Å². The van der Waals surface area contributed by atoms with Crippen molar-refractivity contribution in [3.63, 3.8) is 0 Å². The van der Waals surface area contributed by atoms with Crippen LogP contribution in [0.4, 0.5) is 0 Å². The summed E-state index contributed by atoms with van der Waals surface area (Å²) in [4.78, 5) is 15.2. The molecule has 7 nitrogen and oxygen atoms in total. The van der Waals surface area contributed by atoms with Crippen molar-refractivity contribution >= 4 is 5.91 Å². The molecule has 0 saturated heterocycles. The Balaban J connectivity index is 1.39. The Morgan fingerprint density at radius 2 is 1.74 bits per heavy atom. The standard InChI is InChI=1S/C28H30N2O5/c1-32-24-9-8-20(13-25(24)33-2)12-23-22-15-27-26(34-18-35-27)14-21(22)10-11-30(23)17-28(31)29-16-19-6-4-3-5-7-19/h3-9,13-15,23H,10-12,16-18H2,1-2H3,(H,29,31). The predicted octanol–water partition coefficient (Wildman–Crippen LogP) is 3.89.